The van der Waals surface area contributed by atoms with Crippen molar-refractivity contribution in [3.05, 3.63) is 62.6 Å². The van der Waals surface area contributed by atoms with Gasteiger partial charge >= 0.3 is 6.18 Å². The molecular weight excluding hydrogens is 616 g/mol. The van der Waals surface area contributed by atoms with Crippen LogP contribution in [0.25, 0.3) is 0 Å². The molecule has 0 aromatic heterocycles. The zero-order valence-corrected chi connectivity index (χ0v) is 25.3. The molecule has 230 valence electrons. The molecule has 0 aliphatic carbocycles. The molecule has 0 unspecified atom stereocenters. The summed E-state index contributed by atoms with van der Waals surface area (Å²) in [5.41, 5.74) is -1.28. The van der Waals surface area contributed by atoms with Gasteiger partial charge < -0.3 is 16.0 Å². The summed E-state index contributed by atoms with van der Waals surface area (Å²) in [7, 11) is -3.64. The highest BCUT2D eigenvalue weighted by Crippen LogP contribution is 2.37. The minimum atomic E-state index is -4.79. The second-order valence-electron chi connectivity index (χ2n) is 10.6. The van der Waals surface area contributed by atoms with Gasteiger partial charge in [0, 0.05) is 47.8 Å². The summed E-state index contributed by atoms with van der Waals surface area (Å²) in [4.78, 5) is 27.3. The second kappa shape index (κ2) is 13.5. The summed E-state index contributed by atoms with van der Waals surface area (Å²) in [6, 6.07) is 5.89. The average molecular weight is 650 g/mol. The molecule has 2 amide bonds. The summed E-state index contributed by atoms with van der Waals surface area (Å²) in [6.45, 7) is 3.41. The van der Waals surface area contributed by atoms with Gasteiger partial charge in [-0.2, -0.15) is 13.2 Å². The lowest BCUT2D eigenvalue weighted by Gasteiger charge is -2.34. The molecule has 8 nitrogen and oxygen atoms in total. The van der Waals surface area contributed by atoms with Gasteiger partial charge in [-0.3, -0.25) is 14.5 Å². The fourth-order valence-corrected chi connectivity index (χ4v) is 6.93. The molecule has 2 aromatic carbocycles. The standard InChI is InChI=1S/C28H33Cl2F3N4O4S/c1-2-42(40,41)25-6-5-20(29)10-19(25)14-35-26(38)18-11-23(28(31,32)33)22(24(30)12-18)16-37-9-3-4-21(15-37)36-27(39)17-7-8-34-13-17/h5-6,10-12,17,21,34H,2-4,7-9,13-16H2,1H3,(H,35,38)(H,36,39)/t17-,21+/m1/s1. The number of likely N-dealkylation sites (tertiary alicyclic amines) is 1. The fraction of sp³-hybridized carbons (Fsp3) is 0.500. The number of piperidine rings is 1. The molecule has 0 radical (unpaired) electrons. The van der Waals surface area contributed by atoms with Crippen LogP contribution < -0.4 is 16.0 Å². The zero-order chi connectivity index (χ0) is 30.7. The van der Waals surface area contributed by atoms with Crippen molar-refractivity contribution >= 4 is 44.9 Å². The van der Waals surface area contributed by atoms with Gasteiger partial charge in [0.1, 0.15) is 0 Å². The number of rotatable bonds is 9. The highest BCUT2D eigenvalue weighted by atomic mass is 35.5. The van der Waals surface area contributed by atoms with Crippen LogP contribution in [0.3, 0.4) is 0 Å². The van der Waals surface area contributed by atoms with Crippen LogP contribution in [0.1, 0.15) is 53.2 Å². The number of amides is 2. The maximum atomic E-state index is 14.2. The third kappa shape index (κ3) is 7.96. The van der Waals surface area contributed by atoms with E-state index in [9.17, 15) is 31.2 Å². The van der Waals surface area contributed by atoms with Gasteiger partial charge in [-0.25, -0.2) is 8.42 Å². The molecule has 2 aromatic rings. The molecule has 2 heterocycles. The van der Waals surface area contributed by atoms with Crippen LogP contribution in [0.4, 0.5) is 13.2 Å². The first-order valence-corrected chi connectivity index (χ1v) is 16.1. The number of carbonyl (C=O) groups excluding carboxylic acids is 2. The number of nitrogens with zero attached hydrogens (tertiary/aromatic N) is 1. The van der Waals surface area contributed by atoms with Crippen molar-refractivity contribution in [3.63, 3.8) is 0 Å². The van der Waals surface area contributed by atoms with Crippen LogP contribution in [0.2, 0.25) is 10.0 Å². The van der Waals surface area contributed by atoms with E-state index in [1.165, 1.54) is 31.2 Å². The molecule has 2 saturated heterocycles. The van der Waals surface area contributed by atoms with Gasteiger partial charge in [-0.15, -0.1) is 0 Å². The number of nitrogens with one attached hydrogen (secondary N) is 3. The fourth-order valence-electron chi connectivity index (χ4n) is 5.34. The van der Waals surface area contributed by atoms with E-state index in [1.54, 1.807) is 0 Å². The molecule has 0 saturated carbocycles. The minimum Gasteiger partial charge on any atom is -0.352 e. The SMILES string of the molecule is CCS(=O)(=O)c1ccc(Cl)cc1CNC(=O)c1cc(Cl)c(CN2CCC[C@H](NC(=O)[C@@H]3CCNC3)C2)c(C(F)(F)F)c1. The Hall–Kier alpha value is -2.38. The van der Waals surface area contributed by atoms with Gasteiger partial charge in [0.15, 0.2) is 9.84 Å². The van der Waals surface area contributed by atoms with Gasteiger partial charge in [0.25, 0.3) is 5.91 Å². The molecule has 0 spiro atoms. The largest absolute Gasteiger partial charge is 0.416 e. The Bertz CT molecular complexity index is 1430. The summed E-state index contributed by atoms with van der Waals surface area (Å²) >= 11 is 12.4. The summed E-state index contributed by atoms with van der Waals surface area (Å²) in [6.07, 6.45) is -2.60. The summed E-state index contributed by atoms with van der Waals surface area (Å²) in [5.74, 6) is -1.18. The minimum absolute atomic E-state index is 0.0185. The van der Waals surface area contributed by atoms with Crippen LogP contribution in [-0.4, -0.2) is 63.1 Å². The third-order valence-electron chi connectivity index (χ3n) is 7.60. The van der Waals surface area contributed by atoms with Crippen LogP contribution in [0.15, 0.2) is 35.2 Å². The van der Waals surface area contributed by atoms with Crippen molar-refractivity contribution < 1.29 is 31.2 Å². The van der Waals surface area contributed by atoms with Crippen molar-refractivity contribution in [3.8, 4) is 0 Å². The highest BCUT2D eigenvalue weighted by Gasteiger charge is 2.36. The van der Waals surface area contributed by atoms with Gasteiger partial charge in [0.05, 0.1) is 22.1 Å². The molecular formula is C28H33Cl2F3N4O4S. The van der Waals surface area contributed by atoms with Crippen LogP contribution >= 0.6 is 23.2 Å². The smallest absolute Gasteiger partial charge is 0.352 e. The van der Waals surface area contributed by atoms with E-state index in [0.29, 0.717) is 26.1 Å². The average Bonchev–Trinajstić information content (AvgIpc) is 3.47. The molecule has 0 bridgehead atoms. The van der Waals surface area contributed by atoms with Crippen LogP contribution in [0.5, 0.6) is 0 Å². The Morgan fingerprint density at radius 3 is 2.57 bits per heavy atom. The van der Waals surface area contributed by atoms with Gasteiger partial charge in [-0.1, -0.05) is 30.1 Å². The van der Waals surface area contributed by atoms with Crippen molar-refractivity contribution in [2.75, 3.05) is 31.9 Å². The molecule has 14 heteroatoms. The monoisotopic (exact) mass is 648 g/mol. The van der Waals surface area contributed by atoms with E-state index in [2.05, 4.69) is 16.0 Å². The third-order valence-corrected chi connectivity index (χ3v) is 10.0. The Morgan fingerprint density at radius 1 is 1.14 bits per heavy atom. The number of halogens is 5. The predicted molar refractivity (Wildman–Crippen MR) is 154 cm³/mol. The number of hydrogen-bond donors (Lipinski definition) is 3. The molecule has 2 aliphatic rings. The Labute approximate surface area is 253 Å². The lowest BCUT2D eigenvalue weighted by molar-refractivity contribution is -0.138. The van der Waals surface area contributed by atoms with Crippen molar-refractivity contribution in [2.24, 2.45) is 5.92 Å². The van der Waals surface area contributed by atoms with Crippen LogP contribution in [0, 0.1) is 5.92 Å². The maximum Gasteiger partial charge on any atom is 0.416 e. The Morgan fingerprint density at radius 2 is 1.90 bits per heavy atom. The Balaban J connectivity index is 1.50. The summed E-state index contributed by atoms with van der Waals surface area (Å²) in [5, 5.41) is 8.71. The quantitative estimate of drug-likeness (QED) is 0.372. The van der Waals surface area contributed by atoms with Crippen molar-refractivity contribution in [2.45, 2.75) is 56.4 Å². The van der Waals surface area contributed by atoms with E-state index < -0.39 is 27.5 Å². The molecule has 2 aliphatic heterocycles. The number of alkyl halides is 3. The van der Waals surface area contributed by atoms with Gasteiger partial charge in [0.2, 0.25) is 5.91 Å². The molecule has 42 heavy (non-hydrogen) atoms. The van der Waals surface area contributed by atoms with E-state index >= 15 is 0 Å². The molecule has 3 N–H and O–H groups in total. The highest BCUT2D eigenvalue weighted by molar-refractivity contribution is 7.91. The van der Waals surface area contributed by atoms with Crippen LogP contribution in [-0.2, 0) is 33.9 Å². The lowest BCUT2D eigenvalue weighted by Crippen LogP contribution is -2.49. The number of hydrogen-bond acceptors (Lipinski definition) is 6. The van der Waals surface area contributed by atoms with Crippen molar-refractivity contribution in [1.29, 1.82) is 0 Å². The maximum absolute atomic E-state index is 14.2. The molecule has 2 fully saturated rings. The lowest BCUT2D eigenvalue weighted by atomic mass is 9.99. The first-order chi connectivity index (χ1) is 19.8. The normalized spacial score (nSPS) is 20.0. The van der Waals surface area contributed by atoms with Crippen molar-refractivity contribution in [1.82, 2.24) is 20.9 Å². The predicted octanol–water partition coefficient (Wildman–Crippen LogP) is 4.43. The van der Waals surface area contributed by atoms with E-state index in [0.717, 1.165) is 25.5 Å². The number of benzene rings is 2. The number of sulfone groups is 1. The molecule has 4 rings (SSSR count). The van der Waals surface area contributed by atoms with E-state index in [-0.39, 0.29) is 68.3 Å². The topological polar surface area (TPSA) is 108 Å². The zero-order valence-electron chi connectivity index (χ0n) is 23.0. The molecule has 2 atom stereocenters. The first-order valence-electron chi connectivity index (χ1n) is 13.7. The number of carbonyl (C=O) groups is 2. The van der Waals surface area contributed by atoms with E-state index in [4.69, 9.17) is 23.2 Å². The second-order valence-corrected chi connectivity index (χ2v) is 13.7. The van der Waals surface area contributed by atoms with E-state index in [1.807, 2.05) is 4.90 Å². The summed E-state index contributed by atoms with van der Waals surface area (Å²) < 4.78 is 67.5. The Kier molecular flexibility index (Phi) is 10.5. The van der Waals surface area contributed by atoms with Gasteiger partial charge in [-0.05, 0) is 73.8 Å². The first kappa shape index (κ1) is 32.5.